The second-order valence-electron chi connectivity index (χ2n) is 9.67. The summed E-state index contributed by atoms with van der Waals surface area (Å²) in [6.45, 7) is 0. The Hall–Kier alpha value is -4.20. The molecule has 0 amide bonds. The van der Waals surface area contributed by atoms with Gasteiger partial charge in [0, 0.05) is 11.1 Å². The van der Waals surface area contributed by atoms with E-state index in [1.807, 2.05) is 146 Å². The predicted molar refractivity (Wildman–Crippen MR) is 173 cm³/mol. The Morgan fingerprint density at radius 1 is 0.545 bits per heavy atom. The van der Waals surface area contributed by atoms with E-state index in [4.69, 9.17) is 9.15 Å². The van der Waals surface area contributed by atoms with Crippen LogP contribution >= 0.6 is 0 Å². The third kappa shape index (κ3) is 6.64. The maximum absolute atomic E-state index is 12.0. The van der Waals surface area contributed by atoms with Crippen molar-refractivity contribution in [2.75, 3.05) is 0 Å². The Bertz CT molecular complexity index is 1880. The predicted octanol–water partition coefficient (Wildman–Crippen LogP) is 5.13. The van der Waals surface area contributed by atoms with Crippen molar-refractivity contribution in [2.24, 2.45) is 0 Å². The van der Waals surface area contributed by atoms with Crippen LogP contribution in [-0.2, 0) is 5.60 Å². The smallest absolute Gasteiger partial charge is 1.00 e. The number of ether oxygens (including phenoxy) is 1. The molecule has 1 aliphatic rings. The molecule has 1 N–H and O–H groups in total. The van der Waals surface area contributed by atoms with Crippen LogP contribution in [-0.4, -0.2) is 28.2 Å². The summed E-state index contributed by atoms with van der Waals surface area (Å²) in [6.07, 6.45) is 0. The van der Waals surface area contributed by atoms with Crippen molar-refractivity contribution in [3.05, 3.63) is 191 Å². The van der Waals surface area contributed by atoms with E-state index < -0.39 is 5.60 Å². The fourth-order valence-corrected chi connectivity index (χ4v) is 5.05. The number of hydrogen-bond acceptors (Lipinski definition) is 4. The van der Waals surface area contributed by atoms with Gasteiger partial charge >= 0.3 is 23.1 Å². The summed E-state index contributed by atoms with van der Waals surface area (Å²) in [5.41, 5.74) is 2.51. The summed E-state index contributed by atoms with van der Waals surface area (Å²) < 4.78 is 11.6. The Kier molecular flexibility index (Phi) is 11.1. The molecule has 8 rings (SSSR count). The van der Waals surface area contributed by atoms with Gasteiger partial charge in [0.15, 0.2) is 0 Å². The van der Waals surface area contributed by atoms with Gasteiger partial charge in [-0.3, -0.25) is 4.79 Å². The normalized spacial score (nSPS) is 11.8. The van der Waals surface area contributed by atoms with Crippen LogP contribution in [0.25, 0.3) is 21.9 Å². The zero-order valence-electron chi connectivity index (χ0n) is 23.8. The molecule has 7 aromatic rings. The second-order valence-corrected chi connectivity index (χ2v) is 9.67. The number of aliphatic hydroxyl groups is 1. The maximum Gasteiger partial charge on any atom is 2.00 e. The minimum atomic E-state index is -1.19. The summed E-state index contributed by atoms with van der Waals surface area (Å²) in [6, 6.07) is 52.1. The number of hydrogen-bond donors (Lipinski definition) is 1. The van der Waals surface area contributed by atoms with Crippen LogP contribution in [0.3, 0.4) is 0 Å². The number of fused-ring (bicyclic) bond motifs is 4. The molecule has 2 heterocycles. The van der Waals surface area contributed by atoms with E-state index in [1.165, 1.54) is 0 Å². The third-order valence-electron chi connectivity index (χ3n) is 7.06. The molecule has 0 unspecified atom stereocenters. The van der Waals surface area contributed by atoms with Gasteiger partial charge in [0.25, 0.3) is 0 Å². The average molecular weight is 652 g/mol. The van der Waals surface area contributed by atoms with Crippen LogP contribution in [0.4, 0.5) is 0 Å². The molecule has 0 aliphatic carbocycles. The first-order chi connectivity index (χ1) is 20.7. The van der Waals surface area contributed by atoms with Gasteiger partial charge in [0.05, 0.1) is 10.8 Å². The van der Waals surface area contributed by atoms with Gasteiger partial charge in [-0.1, -0.05) is 91.0 Å². The minimum absolute atomic E-state index is 0. The molecule has 0 fully saturated rings. The molecular weight excluding hydrogens is 625 g/mol. The molecule has 6 aromatic carbocycles. The SMILES string of the molecule is O=c1c2ccccc2oc2ccccc12.OC1(c2ccccc2)c2ccccc2Oc2ccccc21.[Br-].[Mg+2].[c-]1ccccc1. The van der Waals surface area contributed by atoms with Gasteiger partial charge in [0.1, 0.15) is 28.3 Å². The van der Waals surface area contributed by atoms with Gasteiger partial charge in [-0.2, -0.15) is 36.4 Å². The molecule has 44 heavy (non-hydrogen) atoms. The van der Waals surface area contributed by atoms with Gasteiger partial charge in [-0.05, 0) is 42.0 Å². The fourth-order valence-electron chi connectivity index (χ4n) is 5.05. The van der Waals surface area contributed by atoms with E-state index in [0.29, 0.717) is 33.4 Å². The quantitative estimate of drug-likeness (QED) is 0.152. The van der Waals surface area contributed by atoms with Crippen molar-refractivity contribution in [3.63, 3.8) is 0 Å². The molecule has 1 aromatic heterocycles. The standard InChI is InChI=1S/C19H14O2.C13H8O2.C6H5.BrH.Mg/c20-19(14-8-2-1-3-9-14)15-10-4-6-12-17(15)21-18-13-7-5-11-16(18)19;14-13-9-5-1-3-7-11(9)15-12-8-4-2-6-10(12)13;1-2-4-6-5-3-1;;/h1-13,20H;1-8H;1-5H;1H;/q;;-1;;+2/p-1. The number of rotatable bonds is 1. The van der Waals surface area contributed by atoms with Gasteiger partial charge in [-0.15, -0.1) is 0 Å². The van der Waals surface area contributed by atoms with Crippen molar-refractivity contribution in [3.8, 4) is 11.5 Å². The minimum Gasteiger partial charge on any atom is -1.00 e. The first-order valence-corrected chi connectivity index (χ1v) is 13.6. The summed E-state index contributed by atoms with van der Waals surface area (Å²) in [4.78, 5) is 12.0. The largest absolute Gasteiger partial charge is 2.00 e. The molecular formula is C38H27BrMgO4. The molecule has 0 radical (unpaired) electrons. The monoisotopic (exact) mass is 650 g/mol. The second kappa shape index (κ2) is 15.0. The van der Waals surface area contributed by atoms with Crippen LogP contribution in [0.15, 0.2) is 167 Å². The molecule has 1 aliphatic heterocycles. The Balaban J connectivity index is 0.000000168. The van der Waals surface area contributed by atoms with Crippen molar-refractivity contribution < 1.29 is 31.2 Å². The molecule has 0 bridgehead atoms. The van der Waals surface area contributed by atoms with E-state index in [2.05, 4.69) is 6.07 Å². The van der Waals surface area contributed by atoms with Gasteiger partial charge in [-0.25, -0.2) is 0 Å². The van der Waals surface area contributed by atoms with Crippen molar-refractivity contribution in [2.45, 2.75) is 5.60 Å². The average Bonchev–Trinajstić information content (AvgIpc) is 3.07. The van der Waals surface area contributed by atoms with Crippen molar-refractivity contribution >= 4 is 45.0 Å². The Labute approximate surface area is 282 Å². The van der Waals surface area contributed by atoms with E-state index in [1.54, 1.807) is 12.1 Å². The van der Waals surface area contributed by atoms with E-state index in [-0.39, 0.29) is 45.5 Å². The van der Waals surface area contributed by atoms with Crippen LogP contribution in [0, 0.1) is 6.07 Å². The summed E-state index contributed by atoms with van der Waals surface area (Å²) in [5, 5.41) is 12.8. The topological polar surface area (TPSA) is 59.7 Å². The van der Waals surface area contributed by atoms with Gasteiger partial charge < -0.3 is 31.2 Å². The van der Waals surface area contributed by atoms with Crippen LogP contribution in [0.2, 0.25) is 0 Å². The van der Waals surface area contributed by atoms with E-state index in [0.717, 1.165) is 16.7 Å². The zero-order valence-corrected chi connectivity index (χ0v) is 26.8. The molecule has 0 atom stereocenters. The summed E-state index contributed by atoms with van der Waals surface area (Å²) >= 11 is 0. The first-order valence-electron chi connectivity index (χ1n) is 13.6. The molecule has 0 saturated heterocycles. The summed E-state index contributed by atoms with van der Waals surface area (Å²) in [5.74, 6) is 1.39. The van der Waals surface area contributed by atoms with Crippen LogP contribution in [0.1, 0.15) is 16.7 Å². The molecule has 0 saturated carbocycles. The van der Waals surface area contributed by atoms with Gasteiger partial charge in [0.2, 0.25) is 5.43 Å². The van der Waals surface area contributed by atoms with Crippen molar-refractivity contribution in [1.82, 2.24) is 0 Å². The molecule has 6 heteroatoms. The Morgan fingerprint density at radius 2 is 0.977 bits per heavy atom. The first kappa shape index (κ1) is 32.7. The Morgan fingerprint density at radius 3 is 1.45 bits per heavy atom. The summed E-state index contributed by atoms with van der Waals surface area (Å²) in [7, 11) is 0. The van der Waals surface area contributed by atoms with Crippen LogP contribution < -0.4 is 27.1 Å². The zero-order chi connectivity index (χ0) is 28.8. The number of halogens is 1. The molecule has 212 valence electrons. The van der Waals surface area contributed by atoms with Crippen LogP contribution in [0.5, 0.6) is 11.5 Å². The molecule has 0 spiro atoms. The fraction of sp³-hybridized carbons (Fsp3) is 0.0263. The van der Waals surface area contributed by atoms with E-state index in [9.17, 15) is 9.90 Å². The number of benzene rings is 6. The van der Waals surface area contributed by atoms with E-state index >= 15 is 0 Å². The van der Waals surface area contributed by atoms with Crippen molar-refractivity contribution in [1.29, 1.82) is 0 Å². The number of para-hydroxylation sites is 4. The third-order valence-corrected chi connectivity index (χ3v) is 7.06. The molecule has 4 nitrogen and oxygen atoms in total. The maximum atomic E-state index is 12.0.